The minimum atomic E-state index is 0.127. The van der Waals surface area contributed by atoms with Crippen LogP contribution in [-0.2, 0) is 22.6 Å². The minimum Gasteiger partial charge on any atom is -0.379 e. The lowest BCUT2D eigenvalue weighted by atomic mass is 10.1. The Balaban J connectivity index is 1.70. The third-order valence-electron chi connectivity index (χ3n) is 4.06. The number of benzene rings is 1. The van der Waals surface area contributed by atoms with E-state index < -0.39 is 0 Å². The number of amides is 1. The molecule has 1 fully saturated rings. The zero-order chi connectivity index (χ0) is 17.2. The Kier molecular flexibility index (Phi) is 8.64. The zero-order valence-electron chi connectivity index (χ0n) is 14.9. The first-order valence-corrected chi connectivity index (χ1v) is 10.0. The van der Waals surface area contributed by atoms with E-state index in [4.69, 9.17) is 4.74 Å². The maximum absolute atomic E-state index is 11.9. The van der Waals surface area contributed by atoms with Crippen LogP contribution in [0.2, 0.25) is 0 Å². The Morgan fingerprint density at radius 2 is 2.04 bits per heavy atom. The molecule has 0 atom stereocenters. The zero-order valence-corrected chi connectivity index (χ0v) is 15.7. The summed E-state index contributed by atoms with van der Waals surface area (Å²) in [4.78, 5) is 14.3. The Hall–Kier alpha value is -1.04. The molecular formula is C19H30N2O2S. The van der Waals surface area contributed by atoms with Crippen LogP contribution < -0.4 is 5.32 Å². The van der Waals surface area contributed by atoms with Crippen molar-refractivity contribution in [3.8, 4) is 0 Å². The van der Waals surface area contributed by atoms with E-state index in [1.165, 1.54) is 17.5 Å². The van der Waals surface area contributed by atoms with E-state index in [9.17, 15) is 4.79 Å². The molecule has 4 nitrogen and oxygen atoms in total. The number of carbonyl (C=O) groups is 1. The fourth-order valence-electron chi connectivity index (χ4n) is 2.59. The van der Waals surface area contributed by atoms with Gasteiger partial charge in [0.1, 0.15) is 0 Å². The molecule has 1 aliphatic heterocycles. The Bertz CT molecular complexity index is 502. The topological polar surface area (TPSA) is 41.6 Å². The second kappa shape index (κ2) is 10.7. The molecule has 0 aromatic heterocycles. The third kappa shape index (κ3) is 7.69. The summed E-state index contributed by atoms with van der Waals surface area (Å²) in [5.41, 5.74) is 2.47. The number of hydrogen-bond donors (Lipinski definition) is 1. The Morgan fingerprint density at radius 3 is 2.79 bits per heavy atom. The highest BCUT2D eigenvalue weighted by Gasteiger charge is 2.11. The van der Waals surface area contributed by atoms with Crippen LogP contribution >= 0.6 is 11.8 Å². The summed E-state index contributed by atoms with van der Waals surface area (Å²) in [6.45, 7) is 9.63. The molecule has 1 heterocycles. The van der Waals surface area contributed by atoms with Crippen molar-refractivity contribution in [2.24, 2.45) is 5.92 Å². The SMILES string of the molecule is CC(C)CCSCC(=O)NCc1cccc(CN2CCOCC2)c1. The average Bonchev–Trinajstić information content (AvgIpc) is 2.58. The molecule has 5 heteroatoms. The van der Waals surface area contributed by atoms with Crippen molar-refractivity contribution in [2.75, 3.05) is 37.8 Å². The summed E-state index contributed by atoms with van der Waals surface area (Å²) in [7, 11) is 0. The van der Waals surface area contributed by atoms with E-state index in [0.717, 1.165) is 38.6 Å². The smallest absolute Gasteiger partial charge is 0.230 e. The predicted octanol–water partition coefficient (Wildman–Crippen LogP) is 2.91. The number of hydrogen-bond acceptors (Lipinski definition) is 4. The predicted molar refractivity (Wildman–Crippen MR) is 101 cm³/mol. The minimum absolute atomic E-state index is 0.127. The third-order valence-corrected chi connectivity index (χ3v) is 5.05. The highest BCUT2D eigenvalue weighted by Crippen LogP contribution is 2.11. The van der Waals surface area contributed by atoms with Crippen LogP contribution in [0, 0.1) is 5.92 Å². The second-order valence-corrected chi connectivity index (χ2v) is 7.83. The molecule has 1 aromatic rings. The van der Waals surface area contributed by atoms with Gasteiger partial charge in [0.05, 0.1) is 19.0 Å². The first kappa shape index (κ1) is 19.3. The summed E-state index contributed by atoms with van der Waals surface area (Å²) < 4.78 is 5.39. The van der Waals surface area contributed by atoms with Crippen LogP contribution in [0.25, 0.3) is 0 Å². The number of carbonyl (C=O) groups excluding carboxylic acids is 1. The lowest BCUT2D eigenvalue weighted by molar-refractivity contribution is -0.118. The maximum Gasteiger partial charge on any atom is 0.230 e. The molecule has 1 amide bonds. The van der Waals surface area contributed by atoms with Gasteiger partial charge in [-0.3, -0.25) is 9.69 Å². The molecule has 1 aromatic carbocycles. The van der Waals surface area contributed by atoms with Crippen molar-refractivity contribution in [3.05, 3.63) is 35.4 Å². The fourth-order valence-corrected chi connectivity index (χ4v) is 3.66. The van der Waals surface area contributed by atoms with E-state index in [2.05, 4.69) is 48.3 Å². The van der Waals surface area contributed by atoms with Crippen LogP contribution in [0.5, 0.6) is 0 Å². The maximum atomic E-state index is 11.9. The van der Waals surface area contributed by atoms with E-state index in [1.807, 2.05) is 0 Å². The molecule has 0 bridgehead atoms. The number of rotatable bonds is 9. The normalized spacial score (nSPS) is 15.6. The Labute approximate surface area is 150 Å². The molecule has 1 aliphatic rings. The molecule has 24 heavy (non-hydrogen) atoms. The summed E-state index contributed by atoms with van der Waals surface area (Å²) in [6, 6.07) is 8.51. The van der Waals surface area contributed by atoms with Crippen molar-refractivity contribution in [1.29, 1.82) is 0 Å². The van der Waals surface area contributed by atoms with Crippen molar-refractivity contribution in [1.82, 2.24) is 10.2 Å². The molecule has 0 spiro atoms. The van der Waals surface area contributed by atoms with Crippen LogP contribution in [0.4, 0.5) is 0 Å². The molecule has 0 unspecified atom stereocenters. The van der Waals surface area contributed by atoms with Gasteiger partial charge in [0.25, 0.3) is 0 Å². The Morgan fingerprint density at radius 1 is 1.29 bits per heavy atom. The summed E-state index contributed by atoms with van der Waals surface area (Å²) in [5, 5.41) is 3.02. The van der Waals surface area contributed by atoms with Crippen molar-refractivity contribution in [3.63, 3.8) is 0 Å². The van der Waals surface area contributed by atoms with Gasteiger partial charge < -0.3 is 10.1 Å². The first-order chi connectivity index (χ1) is 11.6. The van der Waals surface area contributed by atoms with E-state index in [1.54, 1.807) is 11.8 Å². The summed E-state index contributed by atoms with van der Waals surface area (Å²) in [6.07, 6.45) is 1.17. The monoisotopic (exact) mass is 350 g/mol. The standard InChI is InChI=1S/C19H30N2O2S/c1-16(2)6-11-24-15-19(22)20-13-17-4-3-5-18(12-17)14-21-7-9-23-10-8-21/h3-5,12,16H,6-11,13-15H2,1-2H3,(H,20,22). The lowest BCUT2D eigenvalue weighted by Gasteiger charge is -2.26. The van der Waals surface area contributed by atoms with Gasteiger partial charge in [0.2, 0.25) is 5.91 Å². The van der Waals surface area contributed by atoms with E-state index in [0.29, 0.717) is 18.2 Å². The molecule has 1 N–H and O–H groups in total. The van der Waals surface area contributed by atoms with Gasteiger partial charge in [-0.25, -0.2) is 0 Å². The molecule has 2 rings (SSSR count). The van der Waals surface area contributed by atoms with E-state index in [-0.39, 0.29) is 5.91 Å². The van der Waals surface area contributed by atoms with Crippen molar-refractivity contribution in [2.45, 2.75) is 33.4 Å². The van der Waals surface area contributed by atoms with Gasteiger partial charge in [0.15, 0.2) is 0 Å². The first-order valence-electron chi connectivity index (χ1n) is 8.86. The molecule has 0 aliphatic carbocycles. The highest BCUT2D eigenvalue weighted by atomic mass is 32.2. The van der Waals surface area contributed by atoms with Gasteiger partial charge in [-0.05, 0) is 29.2 Å². The fraction of sp³-hybridized carbons (Fsp3) is 0.632. The van der Waals surface area contributed by atoms with Crippen LogP contribution in [0.15, 0.2) is 24.3 Å². The molecular weight excluding hydrogens is 320 g/mol. The summed E-state index contributed by atoms with van der Waals surface area (Å²) >= 11 is 1.72. The number of nitrogens with one attached hydrogen (secondary N) is 1. The van der Waals surface area contributed by atoms with Gasteiger partial charge in [-0.2, -0.15) is 11.8 Å². The number of nitrogens with zero attached hydrogens (tertiary/aromatic N) is 1. The van der Waals surface area contributed by atoms with Crippen LogP contribution in [0.3, 0.4) is 0 Å². The van der Waals surface area contributed by atoms with Crippen LogP contribution in [0.1, 0.15) is 31.4 Å². The number of thioether (sulfide) groups is 1. The largest absolute Gasteiger partial charge is 0.379 e. The lowest BCUT2D eigenvalue weighted by Crippen LogP contribution is -2.35. The average molecular weight is 351 g/mol. The van der Waals surface area contributed by atoms with Crippen LogP contribution in [-0.4, -0.2) is 48.6 Å². The van der Waals surface area contributed by atoms with Gasteiger partial charge in [-0.15, -0.1) is 0 Å². The molecule has 1 saturated heterocycles. The van der Waals surface area contributed by atoms with Gasteiger partial charge in [0, 0.05) is 26.2 Å². The van der Waals surface area contributed by atoms with Gasteiger partial charge in [-0.1, -0.05) is 38.1 Å². The highest BCUT2D eigenvalue weighted by molar-refractivity contribution is 7.99. The number of morpholine rings is 1. The molecule has 0 radical (unpaired) electrons. The second-order valence-electron chi connectivity index (χ2n) is 6.72. The van der Waals surface area contributed by atoms with Crippen molar-refractivity contribution >= 4 is 17.7 Å². The van der Waals surface area contributed by atoms with E-state index >= 15 is 0 Å². The molecule has 134 valence electrons. The summed E-state index contributed by atoms with van der Waals surface area (Å²) in [5.74, 6) is 2.44. The molecule has 0 saturated carbocycles. The quantitative estimate of drug-likeness (QED) is 0.695. The van der Waals surface area contributed by atoms with Crippen molar-refractivity contribution < 1.29 is 9.53 Å². The van der Waals surface area contributed by atoms with Gasteiger partial charge >= 0.3 is 0 Å². The number of ether oxygens (including phenoxy) is 1.